The van der Waals surface area contributed by atoms with E-state index in [2.05, 4.69) is 10.5 Å². The first-order valence-electron chi connectivity index (χ1n) is 8.28. The highest BCUT2D eigenvalue weighted by molar-refractivity contribution is 5.95. The van der Waals surface area contributed by atoms with Gasteiger partial charge < -0.3 is 4.42 Å². The maximum Gasteiger partial charge on any atom is 0.271 e. The summed E-state index contributed by atoms with van der Waals surface area (Å²) in [7, 11) is 0. The summed E-state index contributed by atoms with van der Waals surface area (Å²) < 4.78 is 5.61. The molecule has 0 bridgehead atoms. The van der Waals surface area contributed by atoms with Gasteiger partial charge in [-0.05, 0) is 30.7 Å². The van der Waals surface area contributed by atoms with E-state index in [0.29, 0.717) is 17.1 Å². The molecule has 0 unspecified atom stereocenters. The SMILES string of the molecule is Cc1ccc([N+](=O)[O-])cc1-c1ccc(/C=N/NC(=O)c2cccc([N+](=O)[O-])c2)o1. The number of nitro benzene ring substituents is 2. The molecule has 146 valence electrons. The van der Waals surface area contributed by atoms with Gasteiger partial charge in [0.15, 0.2) is 0 Å². The van der Waals surface area contributed by atoms with E-state index < -0.39 is 15.8 Å². The molecule has 0 saturated carbocycles. The van der Waals surface area contributed by atoms with Crippen molar-refractivity contribution in [2.45, 2.75) is 6.92 Å². The zero-order valence-electron chi connectivity index (χ0n) is 15.1. The molecule has 3 aromatic rings. The summed E-state index contributed by atoms with van der Waals surface area (Å²) in [6, 6.07) is 12.9. The molecule has 0 aliphatic heterocycles. The lowest BCUT2D eigenvalue weighted by molar-refractivity contribution is -0.385. The number of carbonyl (C=O) groups is 1. The summed E-state index contributed by atoms with van der Waals surface area (Å²) in [6.45, 7) is 1.80. The van der Waals surface area contributed by atoms with Crippen LogP contribution in [0.1, 0.15) is 21.7 Å². The Morgan fingerprint density at radius 3 is 2.48 bits per heavy atom. The molecule has 1 aromatic heterocycles. The number of furan rings is 1. The third-order valence-corrected chi connectivity index (χ3v) is 4.00. The quantitative estimate of drug-likeness (QED) is 0.382. The van der Waals surface area contributed by atoms with Gasteiger partial charge in [0.1, 0.15) is 11.5 Å². The van der Waals surface area contributed by atoms with Crippen molar-refractivity contribution in [3.8, 4) is 11.3 Å². The fourth-order valence-corrected chi connectivity index (χ4v) is 2.54. The zero-order chi connectivity index (χ0) is 21.0. The van der Waals surface area contributed by atoms with Gasteiger partial charge in [-0.3, -0.25) is 25.0 Å². The number of hydrogen-bond acceptors (Lipinski definition) is 7. The van der Waals surface area contributed by atoms with Crippen molar-refractivity contribution in [3.63, 3.8) is 0 Å². The number of nitrogens with zero attached hydrogens (tertiary/aromatic N) is 3. The maximum atomic E-state index is 12.0. The van der Waals surface area contributed by atoms with Crippen LogP contribution in [-0.4, -0.2) is 22.0 Å². The van der Waals surface area contributed by atoms with Gasteiger partial charge in [-0.1, -0.05) is 12.1 Å². The molecule has 0 saturated heterocycles. The number of hydrazone groups is 1. The van der Waals surface area contributed by atoms with Crippen LogP contribution in [0, 0.1) is 27.2 Å². The monoisotopic (exact) mass is 394 g/mol. The fraction of sp³-hybridized carbons (Fsp3) is 0.0526. The van der Waals surface area contributed by atoms with Crippen molar-refractivity contribution in [1.29, 1.82) is 0 Å². The van der Waals surface area contributed by atoms with E-state index >= 15 is 0 Å². The summed E-state index contributed by atoms with van der Waals surface area (Å²) in [5.74, 6) is 0.106. The van der Waals surface area contributed by atoms with Gasteiger partial charge in [0.2, 0.25) is 0 Å². The van der Waals surface area contributed by atoms with Gasteiger partial charge in [-0.25, -0.2) is 5.43 Å². The van der Waals surface area contributed by atoms with Crippen molar-refractivity contribution < 1.29 is 19.1 Å². The highest BCUT2D eigenvalue weighted by atomic mass is 16.6. The molecule has 0 spiro atoms. The van der Waals surface area contributed by atoms with Crippen LogP contribution in [0.4, 0.5) is 11.4 Å². The van der Waals surface area contributed by atoms with Gasteiger partial charge in [0.05, 0.1) is 16.1 Å². The first kappa shape index (κ1) is 19.4. The summed E-state index contributed by atoms with van der Waals surface area (Å²) >= 11 is 0. The fourth-order valence-electron chi connectivity index (χ4n) is 2.54. The van der Waals surface area contributed by atoms with E-state index in [0.717, 1.165) is 11.6 Å². The van der Waals surface area contributed by atoms with Gasteiger partial charge >= 0.3 is 0 Å². The second kappa shape index (κ2) is 8.13. The maximum absolute atomic E-state index is 12.0. The number of nitro groups is 2. The topological polar surface area (TPSA) is 141 Å². The summed E-state index contributed by atoms with van der Waals surface area (Å²) in [5.41, 5.74) is 3.45. The Labute approximate surface area is 163 Å². The Kier molecular flexibility index (Phi) is 5.44. The summed E-state index contributed by atoms with van der Waals surface area (Å²) in [6.07, 6.45) is 1.26. The lowest BCUT2D eigenvalue weighted by Crippen LogP contribution is -2.17. The largest absolute Gasteiger partial charge is 0.455 e. The second-order valence-corrected chi connectivity index (χ2v) is 5.96. The number of benzene rings is 2. The normalized spacial score (nSPS) is 10.8. The minimum Gasteiger partial charge on any atom is -0.455 e. The van der Waals surface area contributed by atoms with Gasteiger partial charge in [0, 0.05) is 35.4 Å². The smallest absolute Gasteiger partial charge is 0.271 e. The molecule has 1 heterocycles. The minimum atomic E-state index is -0.619. The van der Waals surface area contributed by atoms with Crippen LogP contribution in [0.2, 0.25) is 0 Å². The van der Waals surface area contributed by atoms with Gasteiger partial charge in [-0.2, -0.15) is 5.10 Å². The highest BCUT2D eigenvalue weighted by Gasteiger charge is 2.13. The molecule has 1 N–H and O–H groups in total. The number of aryl methyl sites for hydroxylation is 1. The first-order chi connectivity index (χ1) is 13.8. The van der Waals surface area contributed by atoms with Crippen LogP contribution in [0.5, 0.6) is 0 Å². The molecule has 10 nitrogen and oxygen atoms in total. The molecule has 0 aliphatic rings. The molecule has 1 amide bonds. The van der Waals surface area contributed by atoms with Crippen molar-refractivity contribution >= 4 is 23.5 Å². The molecule has 10 heteroatoms. The van der Waals surface area contributed by atoms with Gasteiger partial charge in [-0.15, -0.1) is 0 Å². The summed E-state index contributed by atoms with van der Waals surface area (Å²) in [5, 5.41) is 25.5. The lowest BCUT2D eigenvalue weighted by atomic mass is 10.1. The number of hydrogen-bond donors (Lipinski definition) is 1. The highest BCUT2D eigenvalue weighted by Crippen LogP contribution is 2.28. The van der Waals surface area contributed by atoms with E-state index in [1.165, 1.54) is 36.5 Å². The molecule has 0 atom stereocenters. The van der Waals surface area contributed by atoms with Crippen LogP contribution in [0.25, 0.3) is 11.3 Å². The average molecular weight is 394 g/mol. The van der Waals surface area contributed by atoms with E-state index in [4.69, 9.17) is 4.42 Å². The van der Waals surface area contributed by atoms with Crippen molar-refractivity contribution in [1.82, 2.24) is 5.43 Å². The van der Waals surface area contributed by atoms with Crippen LogP contribution >= 0.6 is 0 Å². The molecule has 0 fully saturated rings. The zero-order valence-corrected chi connectivity index (χ0v) is 15.1. The molecule has 2 aromatic carbocycles. The van der Waals surface area contributed by atoms with Gasteiger partial charge in [0.25, 0.3) is 17.3 Å². The second-order valence-electron chi connectivity index (χ2n) is 5.96. The third-order valence-electron chi connectivity index (χ3n) is 4.00. The molecular formula is C19H14N4O6. The Balaban J connectivity index is 1.72. The molecular weight excluding hydrogens is 380 g/mol. The van der Waals surface area contributed by atoms with Crippen LogP contribution in [0.15, 0.2) is 64.1 Å². The average Bonchev–Trinajstić information content (AvgIpc) is 3.16. The molecule has 0 aliphatic carbocycles. The minimum absolute atomic E-state index is 0.0542. The Bertz CT molecular complexity index is 1140. The van der Waals surface area contributed by atoms with Crippen LogP contribution in [-0.2, 0) is 0 Å². The van der Waals surface area contributed by atoms with Crippen molar-refractivity contribution in [2.75, 3.05) is 0 Å². The Morgan fingerprint density at radius 2 is 1.76 bits per heavy atom. The van der Waals surface area contributed by atoms with E-state index in [1.54, 1.807) is 25.1 Å². The third kappa shape index (κ3) is 4.50. The van der Waals surface area contributed by atoms with Crippen molar-refractivity contribution in [2.24, 2.45) is 5.10 Å². The predicted molar refractivity (Wildman–Crippen MR) is 104 cm³/mol. The van der Waals surface area contributed by atoms with E-state index in [9.17, 15) is 25.0 Å². The number of non-ortho nitro benzene ring substituents is 2. The molecule has 29 heavy (non-hydrogen) atoms. The Hall–Kier alpha value is -4.34. The predicted octanol–water partition coefficient (Wildman–Crippen LogP) is 3.84. The lowest BCUT2D eigenvalue weighted by Gasteiger charge is -2.02. The van der Waals surface area contributed by atoms with E-state index in [1.807, 2.05) is 0 Å². The summed E-state index contributed by atoms with van der Waals surface area (Å²) in [4.78, 5) is 32.7. The number of amides is 1. The van der Waals surface area contributed by atoms with Crippen LogP contribution in [0.3, 0.4) is 0 Å². The number of nitrogens with one attached hydrogen (secondary N) is 1. The molecule has 0 radical (unpaired) electrons. The number of rotatable bonds is 6. The van der Waals surface area contributed by atoms with Crippen molar-refractivity contribution in [3.05, 3.63) is 91.7 Å². The Morgan fingerprint density at radius 1 is 1.03 bits per heavy atom. The van der Waals surface area contributed by atoms with Crippen LogP contribution < -0.4 is 5.43 Å². The first-order valence-corrected chi connectivity index (χ1v) is 8.28. The standard InChI is InChI=1S/C19H14N4O6/c1-12-5-6-15(23(27)28)10-17(12)18-8-7-16(29-18)11-20-21-19(24)13-3-2-4-14(9-13)22(25)26/h2-11H,1H3,(H,21,24)/b20-11+. The molecule has 3 rings (SSSR count). The number of carbonyl (C=O) groups excluding carboxylic acids is 1. The van der Waals surface area contributed by atoms with E-state index in [-0.39, 0.29) is 16.9 Å².